The minimum Gasteiger partial charge on any atom is -0.366 e. The molecule has 1 unspecified atom stereocenters. The first-order valence-corrected chi connectivity index (χ1v) is 6.42. The molecular weight excluding hydrogens is 196 g/mol. The predicted octanol–water partition coefficient (Wildman–Crippen LogP) is 2.36. The fraction of sp³-hybridized carbons (Fsp3) is 0.571. The first kappa shape index (κ1) is 10.2. The Morgan fingerprint density at radius 1 is 1.25 bits per heavy atom. The topological polar surface area (TPSA) is 15.3 Å². The van der Waals surface area contributed by atoms with E-state index >= 15 is 0 Å². The second-order valence-electron chi connectivity index (χ2n) is 5.08. The van der Waals surface area contributed by atoms with E-state index in [1.807, 2.05) is 0 Å². The van der Waals surface area contributed by atoms with Gasteiger partial charge in [-0.1, -0.05) is 18.2 Å². The number of benzene rings is 1. The van der Waals surface area contributed by atoms with Gasteiger partial charge in [0.2, 0.25) is 0 Å². The third-order valence-electron chi connectivity index (χ3n) is 3.76. The molecule has 16 heavy (non-hydrogen) atoms. The largest absolute Gasteiger partial charge is 0.366 e. The number of hydrogen-bond acceptors (Lipinski definition) is 2. The Morgan fingerprint density at radius 3 is 2.81 bits per heavy atom. The molecule has 0 spiro atoms. The molecule has 1 aliphatic heterocycles. The lowest BCUT2D eigenvalue weighted by Crippen LogP contribution is -2.50. The highest BCUT2D eigenvalue weighted by molar-refractivity contribution is 5.57. The van der Waals surface area contributed by atoms with Crippen molar-refractivity contribution in [2.24, 2.45) is 0 Å². The van der Waals surface area contributed by atoms with E-state index in [1.54, 1.807) is 5.56 Å². The Balaban J connectivity index is 1.91. The maximum absolute atomic E-state index is 3.46. The quantitative estimate of drug-likeness (QED) is 0.816. The smallest absolute Gasteiger partial charge is 0.0404 e. The van der Waals surface area contributed by atoms with Crippen LogP contribution in [0.5, 0.6) is 0 Å². The molecule has 86 valence electrons. The predicted molar refractivity (Wildman–Crippen MR) is 68.1 cm³/mol. The van der Waals surface area contributed by atoms with Crippen LogP contribution < -0.4 is 10.2 Å². The van der Waals surface area contributed by atoms with Crippen LogP contribution in [0.15, 0.2) is 24.3 Å². The van der Waals surface area contributed by atoms with Gasteiger partial charge >= 0.3 is 0 Å². The van der Waals surface area contributed by atoms with E-state index in [-0.39, 0.29) is 0 Å². The number of nitrogens with one attached hydrogen (secondary N) is 1. The monoisotopic (exact) mass is 216 g/mol. The van der Waals surface area contributed by atoms with Crippen molar-refractivity contribution in [3.63, 3.8) is 0 Å². The van der Waals surface area contributed by atoms with Gasteiger partial charge in [-0.3, -0.25) is 0 Å². The van der Waals surface area contributed by atoms with Gasteiger partial charge in [0.15, 0.2) is 0 Å². The van der Waals surface area contributed by atoms with Crippen LogP contribution in [0.25, 0.3) is 0 Å². The van der Waals surface area contributed by atoms with Gasteiger partial charge < -0.3 is 10.2 Å². The highest BCUT2D eigenvalue weighted by Gasteiger charge is 2.29. The maximum Gasteiger partial charge on any atom is 0.0404 e. The molecule has 0 amide bonds. The first-order valence-electron chi connectivity index (χ1n) is 6.42. The van der Waals surface area contributed by atoms with Crippen molar-refractivity contribution < 1.29 is 0 Å². The lowest BCUT2D eigenvalue weighted by molar-refractivity contribution is 0.500. The molecule has 1 aliphatic carbocycles. The minimum atomic E-state index is 0.619. The molecule has 1 aromatic carbocycles. The molecule has 2 heteroatoms. The van der Waals surface area contributed by atoms with Gasteiger partial charge in [0.25, 0.3) is 0 Å². The zero-order valence-electron chi connectivity index (χ0n) is 9.95. The van der Waals surface area contributed by atoms with Crippen molar-refractivity contribution in [2.45, 2.75) is 31.7 Å². The number of anilines is 1. The SMILES string of the molecule is CC1CNCCN1c1ccccc1C1CC1. The van der Waals surface area contributed by atoms with Crippen molar-refractivity contribution >= 4 is 5.69 Å². The van der Waals surface area contributed by atoms with Crippen LogP contribution >= 0.6 is 0 Å². The molecule has 1 saturated carbocycles. The fourth-order valence-electron chi connectivity index (χ4n) is 2.69. The summed E-state index contributed by atoms with van der Waals surface area (Å²) < 4.78 is 0. The fourth-order valence-corrected chi connectivity index (χ4v) is 2.69. The summed E-state index contributed by atoms with van der Waals surface area (Å²) in [6.07, 6.45) is 2.77. The zero-order chi connectivity index (χ0) is 11.0. The van der Waals surface area contributed by atoms with Crippen LogP contribution in [0, 0.1) is 0 Å². The van der Waals surface area contributed by atoms with Crippen LogP contribution in [0.2, 0.25) is 0 Å². The van der Waals surface area contributed by atoms with Crippen molar-refractivity contribution in [2.75, 3.05) is 24.5 Å². The summed E-state index contributed by atoms with van der Waals surface area (Å²) in [5, 5.41) is 3.46. The molecule has 1 N–H and O–H groups in total. The Kier molecular flexibility index (Phi) is 2.60. The van der Waals surface area contributed by atoms with E-state index in [1.165, 1.54) is 18.5 Å². The standard InChI is InChI=1S/C14H20N2/c1-11-10-15-8-9-16(11)14-5-3-2-4-13(14)12-6-7-12/h2-5,11-12,15H,6-10H2,1H3. The highest BCUT2D eigenvalue weighted by atomic mass is 15.2. The summed E-state index contributed by atoms with van der Waals surface area (Å²) in [5.74, 6) is 0.846. The van der Waals surface area contributed by atoms with Gasteiger partial charge in [0.1, 0.15) is 0 Å². The van der Waals surface area contributed by atoms with Crippen LogP contribution in [0.1, 0.15) is 31.2 Å². The summed E-state index contributed by atoms with van der Waals surface area (Å²) in [4.78, 5) is 2.57. The number of nitrogens with zero attached hydrogens (tertiary/aromatic N) is 1. The summed E-state index contributed by atoms with van der Waals surface area (Å²) in [6, 6.07) is 9.60. The molecule has 0 radical (unpaired) electrons. The maximum atomic E-state index is 3.46. The minimum absolute atomic E-state index is 0.619. The summed E-state index contributed by atoms with van der Waals surface area (Å²) >= 11 is 0. The van der Waals surface area contributed by atoms with Crippen LogP contribution in [-0.4, -0.2) is 25.7 Å². The molecule has 0 bridgehead atoms. The van der Waals surface area contributed by atoms with Gasteiger partial charge in [-0.2, -0.15) is 0 Å². The first-order chi connectivity index (χ1) is 7.86. The van der Waals surface area contributed by atoms with E-state index in [0.29, 0.717) is 6.04 Å². The second kappa shape index (κ2) is 4.10. The highest BCUT2D eigenvalue weighted by Crippen LogP contribution is 2.44. The molecular formula is C14H20N2. The summed E-state index contributed by atoms with van der Waals surface area (Å²) in [6.45, 7) is 5.68. The summed E-state index contributed by atoms with van der Waals surface area (Å²) in [7, 11) is 0. The number of piperazine rings is 1. The zero-order valence-corrected chi connectivity index (χ0v) is 9.95. The van der Waals surface area contributed by atoms with Gasteiger partial charge in [0.05, 0.1) is 0 Å². The molecule has 2 aliphatic rings. The molecule has 1 aromatic rings. The van der Waals surface area contributed by atoms with Gasteiger partial charge in [-0.05, 0) is 37.3 Å². The van der Waals surface area contributed by atoms with Crippen LogP contribution in [-0.2, 0) is 0 Å². The normalized spacial score (nSPS) is 25.8. The van der Waals surface area contributed by atoms with Crippen LogP contribution in [0.4, 0.5) is 5.69 Å². The molecule has 1 heterocycles. The number of rotatable bonds is 2. The Bertz CT molecular complexity index is 371. The average molecular weight is 216 g/mol. The van der Waals surface area contributed by atoms with Crippen molar-refractivity contribution in [3.05, 3.63) is 29.8 Å². The van der Waals surface area contributed by atoms with Crippen molar-refractivity contribution in [3.8, 4) is 0 Å². The Labute approximate surface area is 97.6 Å². The average Bonchev–Trinajstić information content (AvgIpc) is 3.14. The second-order valence-corrected chi connectivity index (χ2v) is 5.08. The lowest BCUT2D eigenvalue weighted by Gasteiger charge is -2.37. The van der Waals surface area contributed by atoms with Crippen LogP contribution in [0.3, 0.4) is 0 Å². The van der Waals surface area contributed by atoms with Gasteiger partial charge in [0, 0.05) is 31.4 Å². The number of para-hydroxylation sites is 1. The molecule has 3 rings (SSSR count). The third-order valence-corrected chi connectivity index (χ3v) is 3.76. The van der Waals surface area contributed by atoms with Crippen molar-refractivity contribution in [1.82, 2.24) is 5.32 Å². The molecule has 0 aromatic heterocycles. The van der Waals surface area contributed by atoms with E-state index < -0.39 is 0 Å². The Morgan fingerprint density at radius 2 is 2.06 bits per heavy atom. The Hall–Kier alpha value is -1.02. The third kappa shape index (κ3) is 1.82. The molecule has 2 fully saturated rings. The van der Waals surface area contributed by atoms with Gasteiger partial charge in [-0.25, -0.2) is 0 Å². The van der Waals surface area contributed by atoms with E-state index in [2.05, 4.69) is 41.4 Å². The van der Waals surface area contributed by atoms with E-state index in [0.717, 1.165) is 25.6 Å². The molecule has 1 saturated heterocycles. The lowest BCUT2D eigenvalue weighted by atomic mass is 10.1. The van der Waals surface area contributed by atoms with Crippen molar-refractivity contribution in [1.29, 1.82) is 0 Å². The van der Waals surface area contributed by atoms with E-state index in [9.17, 15) is 0 Å². The summed E-state index contributed by atoms with van der Waals surface area (Å²) in [5.41, 5.74) is 3.07. The van der Waals surface area contributed by atoms with E-state index in [4.69, 9.17) is 0 Å². The van der Waals surface area contributed by atoms with Gasteiger partial charge in [-0.15, -0.1) is 0 Å². The number of hydrogen-bond donors (Lipinski definition) is 1. The molecule has 2 nitrogen and oxygen atoms in total. The molecule has 1 atom stereocenters.